The lowest BCUT2D eigenvalue weighted by atomic mass is 9.96. The van der Waals surface area contributed by atoms with Crippen LogP contribution in [0.4, 0.5) is 10.2 Å². The van der Waals surface area contributed by atoms with Gasteiger partial charge in [-0.3, -0.25) is 9.67 Å². The largest absolute Gasteiger partial charge is 0.365 e. The third-order valence-electron chi connectivity index (χ3n) is 4.74. The molecule has 2 N–H and O–H groups in total. The summed E-state index contributed by atoms with van der Waals surface area (Å²) in [4.78, 5) is 13.5. The van der Waals surface area contributed by atoms with Crippen molar-refractivity contribution in [1.29, 1.82) is 0 Å². The van der Waals surface area contributed by atoms with E-state index >= 15 is 0 Å². The van der Waals surface area contributed by atoms with E-state index in [2.05, 4.69) is 25.7 Å². The first kappa shape index (κ1) is 19.4. The number of hydrogen-bond acceptors (Lipinski definition) is 6. The molecule has 1 saturated heterocycles. The SMILES string of the molecule is Cc1nn(C)cc1-c1cc2nccnc2c(NCC2(F)CCCNC2)n1.Cl. The molecule has 0 spiro atoms. The zero-order valence-electron chi connectivity index (χ0n) is 15.4. The highest BCUT2D eigenvalue weighted by molar-refractivity contribution is 5.88. The lowest BCUT2D eigenvalue weighted by molar-refractivity contribution is 0.137. The van der Waals surface area contributed by atoms with E-state index in [-0.39, 0.29) is 19.0 Å². The van der Waals surface area contributed by atoms with Crippen molar-refractivity contribution in [3.63, 3.8) is 0 Å². The molecule has 0 aromatic carbocycles. The van der Waals surface area contributed by atoms with Gasteiger partial charge in [-0.05, 0) is 32.4 Å². The topological polar surface area (TPSA) is 80.5 Å². The highest BCUT2D eigenvalue weighted by Crippen LogP contribution is 2.28. The molecule has 0 amide bonds. The average Bonchev–Trinajstić information content (AvgIpc) is 2.98. The van der Waals surface area contributed by atoms with Crippen molar-refractivity contribution < 1.29 is 4.39 Å². The molecule has 9 heteroatoms. The number of nitrogens with one attached hydrogen (secondary N) is 2. The molecular formula is C18H23ClFN7. The van der Waals surface area contributed by atoms with Gasteiger partial charge in [-0.2, -0.15) is 5.10 Å². The Morgan fingerprint density at radius 1 is 1.33 bits per heavy atom. The normalized spacial score (nSPS) is 19.7. The third-order valence-corrected chi connectivity index (χ3v) is 4.74. The van der Waals surface area contributed by atoms with Crippen molar-refractivity contribution in [3.8, 4) is 11.3 Å². The van der Waals surface area contributed by atoms with Gasteiger partial charge in [-0.15, -0.1) is 12.4 Å². The number of aromatic nitrogens is 5. The lowest BCUT2D eigenvalue weighted by Crippen LogP contribution is -2.46. The van der Waals surface area contributed by atoms with Crippen molar-refractivity contribution in [3.05, 3.63) is 30.4 Å². The second-order valence-corrected chi connectivity index (χ2v) is 6.87. The summed E-state index contributed by atoms with van der Waals surface area (Å²) in [7, 11) is 1.87. The number of pyridine rings is 1. The minimum Gasteiger partial charge on any atom is -0.365 e. The summed E-state index contributed by atoms with van der Waals surface area (Å²) in [5, 5.41) is 10.7. The quantitative estimate of drug-likeness (QED) is 0.711. The summed E-state index contributed by atoms with van der Waals surface area (Å²) in [5.74, 6) is 0.552. The Morgan fingerprint density at radius 3 is 2.85 bits per heavy atom. The molecule has 4 rings (SSSR count). The van der Waals surface area contributed by atoms with Crippen LogP contribution in [-0.2, 0) is 7.05 Å². The standard InChI is InChI=1S/C18H22FN7.ClH/c1-12-13(9-26(2)25-12)14-8-15-16(22-7-6-21-15)17(24-14)23-11-18(19)4-3-5-20-10-18;/h6-9,20H,3-5,10-11H2,1-2H3,(H,23,24);1H. The zero-order valence-corrected chi connectivity index (χ0v) is 16.2. The molecule has 1 atom stereocenters. The number of fused-ring (bicyclic) bond motifs is 1. The van der Waals surface area contributed by atoms with E-state index in [4.69, 9.17) is 4.98 Å². The van der Waals surface area contributed by atoms with E-state index in [0.29, 0.717) is 24.3 Å². The van der Waals surface area contributed by atoms with Crippen LogP contribution in [-0.4, -0.2) is 50.0 Å². The van der Waals surface area contributed by atoms with Gasteiger partial charge in [0.1, 0.15) is 11.2 Å². The number of aryl methyl sites for hydroxylation is 2. The summed E-state index contributed by atoms with van der Waals surface area (Å²) in [5.41, 5.74) is 2.64. The van der Waals surface area contributed by atoms with Gasteiger partial charge in [-0.25, -0.2) is 14.4 Å². The fourth-order valence-corrected chi connectivity index (χ4v) is 3.41. The van der Waals surface area contributed by atoms with Crippen LogP contribution in [0.2, 0.25) is 0 Å². The molecule has 0 aliphatic carbocycles. The Balaban J connectivity index is 0.00000210. The van der Waals surface area contributed by atoms with E-state index < -0.39 is 5.67 Å². The molecular weight excluding hydrogens is 369 g/mol. The average molecular weight is 392 g/mol. The second-order valence-electron chi connectivity index (χ2n) is 6.87. The first-order valence-corrected chi connectivity index (χ1v) is 8.80. The number of alkyl halides is 1. The summed E-state index contributed by atoms with van der Waals surface area (Å²) < 4.78 is 16.7. The van der Waals surface area contributed by atoms with Crippen LogP contribution in [0, 0.1) is 6.92 Å². The molecule has 3 aromatic heterocycles. The monoisotopic (exact) mass is 391 g/mol. The summed E-state index contributed by atoms with van der Waals surface area (Å²) >= 11 is 0. The van der Waals surface area contributed by atoms with Crippen molar-refractivity contribution in [2.45, 2.75) is 25.4 Å². The molecule has 0 saturated carbocycles. The molecule has 27 heavy (non-hydrogen) atoms. The second kappa shape index (κ2) is 7.74. The Kier molecular flexibility index (Phi) is 5.57. The molecule has 0 radical (unpaired) electrons. The van der Waals surface area contributed by atoms with Crippen LogP contribution in [0.15, 0.2) is 24.7 Å². The molecule has 1 unspecified atom stereocenters. The number of piperidine rings is 1. The molecule has 1 aliphatic heterocycles. The Labute approximate surface area is 163 Å². The Morgan fingerprint density at radius 2 is 2.15 bits per heavy atom. The highest BCUT2D eigenvalue weighted by Gasteiger charge is 2.31. The third kappa shape index (κ3) is 4.01. The lowest BCUT2D eigenvalue weighted by Gasteiger charge is -2.30. The maximum Gasteiger partial charge on any atom is 0.155 e. The summed E-state index contributed by atoms with van der Waals surface area (Å²) in [6, 6.07) is 1.89. The van der Waals surface area contributed by atoms with Crippen molar-refractivity contribution in [2.75, 3.05) is 25.0 Å². The fourth-order valence-electron chi connectivity index (χ4n) is 3.41. The van der Waals surface area contributed by atoms with E-state index in [9.17, 15) is 4.39 Å². The summed E-state index contributed by atoms with van der Waals surface area (Å²) in [6.07, 6.45) is 6.57. The van der Waals surface area contributed by atoms with E-state index in [1.807, 2.05) is 26.2 Å². The van der Waals surface area contributed by atoms with Gasteiger partial charge in [-0.1, -0.05) is 0 Å². The Hall–Kier alpha value is -2.32. The van der Waals surface area contributed by atoms with Crippen LogP contribution in [0.5, 0.6) is 0 Å². The van der Waals surface area contributed by atoms with Gasteiger partial charge >= 0.3 is 0 Å². The first-order valence-electron chi connectivity index (χ1n) is 8.80. The van der Waals surface area contributed by atoms with E-state index in [1.54, 1.807) is 17.1 Å². The molecule has 1 fully saturated rings. The number of nitrogens with zero attached hydrogens (tertiary/aromatic N) is 5. The fraction of sp³-hybridized carbons (Fsp3) is 0.444. The van der Waals surface area contributed by atoms with Crippen LogP contribution in [0.3, 0.4) is 0 Å². The van der Waals surface area contributed by atoms with E-state index in [0.717, 1.165) is 35.4 Å². The smallest absolute Gasteiger partial charge is 0.155 e. The maximum absolute atomic E-state index is 14.9. The molecule has 144 valence electrons. The number of rotatable bonds is 4. The van der Waals surface area contributed by atoms with E-state index in [1.165, 1.54) is 0 Å². The van der Waals surface area contributed by atoms with Crippen LogP contribution < -0.4 is 10.6 Å². The van der Waals surface area contributed by atoms with Crippen LogP contribution >= 0.6 is 12.4 Å². The maximum atomic E-state index is 14.9. The highest BCUT2D eigenvalue weighted by atomic mass is 35.5. The molecule has 7 nitrogen and oxygen atoms in total. The Bertz CT molecular complexity index is 937. The van der Waals surface area contributed by atoms with Crippen LogP contribution in [0.1, 0.15) is 18.5 Å². The number of hydrogen-bond donors (Lipinski definition) is 2. The predicted octanol–water partition coefficient (Wildman–Crippen LogP) is 2.66. The zero-order chi connectivity index (χ0) is 18.1. The van der Waals surface area contributed by atoms with Gasteiger partial charge in [0.2, 0.25) is 0 Å². The molecule has 0 bridgehead atoms. The van der Waals surface area contributed by atoms with Crippen molar-refractivity contribution >= 4 is 29.3 Å². The van der Waals surface area contributed by atoms with Gasteiger partial charge < -0.3 is 10.6 Å². The molecule has 3 aromatic rings. The first-order chi connectivity index (χ1) is 12.5. The van der Waals surface area contributed by atoms with Crippen molar-refractivity contribution in [2.24, 2.45) is 7.05 Å². The number of anilines is 1. The minimum absolute atomic E-state index is 0. The molecule has 4 heterocycles. The predicted molar refractivity (Wildman–Crippen MR) is 106 cm³/mol. The van der Waals surface area contributed by atoms with Gasteiger partial charge in [0.25, 0.3) is 0 Å². The number of halogens is 2. The summed E-state index contributed by atoms with van der Waals surface area (Å²) in [6.45, 7) is 3.35. The van der Waals surface area contributed by atoms with Gasteiger partial charge in [0.15, 0.2) is 5.82 Å². The van der Waals surface area contributed by atoms with Crippen LogP contribution in [0.25, 0.3) is 22.3 Å². The van der Waals surface area contributed by atoms with Gasteiger partial charge in [0.05, 0.1) is 23.4 Å². The molecule has 1 aliphatic rings. The minimum atomic E-state index is -1.28. The van der Waals surface area contributed by atoms with Gasteiger partial charge in [0, 0.05) is 37.7 Å². The van der Waals surface area contributed by atoms with Crippen molar-refractivity contribution in [1.82, 2.24) is 30.0 Å².